The van der Waals surface area contributed by atoms with Gasteiger partial charge in [-0.1, -0.05) is 30.3 Å². The summed E-state index contributed by atoms with van der Waals surface area (Å²) in [6.07, 6.45) is -0.203. The van der Waals surface area contributed by atoms with Gasteiger partial charge < -0.3 is 9.47 Å². The third-order valence-corrected chi connectivity index (χ3v) is 3.03. The van der Waals surface area contributed by atoms with Crippen LogP contribution in [0.15, 0.2) is 30.3 Å². The predicted molar refractivity (Wildman–Crippen MR) is 68.6 cm³/mol. The molecule has 1 aliphatic rings. The molecule has 1 atom stereocenters. The van der Waals surface area contributed by atoms with E-state index >= 15 is 0 Å². The van der Waals surface area contributed by atoms with E-state index in [1.807, 2.05) is 30.3 Å². The first kappa shape index (κ1) is 13.7. The smallest absolute Gasteiger partial charge is 0.413 e. The Bertz CT molecular complexity index is 451. The fourth-order valence-corrected chi connectivity index (χ4v) is 2.01. The Hall–Kier alpha value is -1.75. The number of hydrogen-bond acceptors (Lipinski definition) is 4. The Balaban J connectivity index is 1.91. The second kappa shape index (κ2) is 6.43. The number of esters is 1. The zero-order valence-corrected chi connectivity index (χ0v) is 11.0. The van der Waals surface area contributed by atoms with Gasteiger partial charge in [-0.25, -0.2) is 9.59 Å². The van der Waals surface area contributed by atoms with Crippen molar-refractivity contribution in [1.82, 2.24) is 4.90 Å². The second-order valence-electron chi connectivity index (χ2n) is 4.10. The number of benzene rings is 1. The topological polar surface area (TPSA) is 55.8 Å². The third-order valence-electron chi connectivity index (χ3n) is 2.82. The Morgan fingerprint density at radius 2 is 2.16 bits per heavy atom. The molecule has 102 valence electrons. The number of halogens is 1. The Labute approximate surface area is 116 Å². The van der Waals surface area contributed by atoms with Crippen LogP contribution in [-0.4, -0.2) is 35.6 Å². The fourth-order valence-electron chi connectivity index (χ4n) is 1.81. The summed E-state index contributed by atoms with van der Waals surface area (Å²) in [7, 11) is 0. The lowest BCUT2D eigenvalue weighted by molar-refractivity contribution is -0.139. The Morgan fingerprint density at radius 3 is 2.84 bits per heavy atom. The zero-order chi connectivity index (χ0) is 13.7. The van der Waals surface area contributed by atoms with Gasteiger partial charge in [-0.15, -0.1) is 11.6 Å². The summed E-state index contributed by atoms with van der Waals surface area (Å²) < 4.78 is 9.98. The number of alkyl halides is 1. The molecule has 1 saturated heterocycles. The standard InChI is InChI=1S/C13H14ClNO4/c14-7-6-11-12(16)19-9-15(11)13(17)18-8-10-4-2-1-3-5-10/h1-5,11H,6-9H2/t11-/m0/s1. The fraction of sp³-hybridized carbons (Fsp3) is 0.385. The molecule has 5 nitrogen and oxygen atoms in total. The minimum absolute atomic E-state index is 0.0754. The van der Waals surface area contributed by atoms with E-state index in [0.29, 0.717) is 6.42 Å². The van der Waals surface area contributed by atoms with Gasteiger partial charge >= 0.3 is 12.1 Å². The molecule has 0 aromatic heterocycles. The molecule has 1 fully saturated rings. The van der Waals surface area contributed by atoms with Crippen LogP contribution in [0.2, 0.25) is 0 Å². The van der Waals surface area contributed by atoms with Gasteiger partial charge in [0.2, 0.25) is 0 Å². The van der Waals surface area contributed by atoms with Crippen molar-refractivity contribution in [3.63, 3.8) is 0 Å². The van der Waals surface area contributed by atoms with Crippen molar-refractivity contribution in [3.05, 3.63) is 35.9 Å². The largest absolute Gasteiger partial charge is 0.444 e. The summed E-state index contributed by atoms with van der Waals surface area (Å²) in [5, 5.41) is 0. The van der Waals surface area contributed by atoms with E-state index in [1.165, 1.54) is 4.90 Å². The molecule has 0 saturated carbocycles. The average Bonchev–Trinajstić information content (AvgIpc) is 2.80. The molecular weight excluding hydrogens is 270 g/mol. The van der Waals surface area contributed by atoms with E-state index in [4.69, 9.17) is 21.1 Å². The van der Waals surface area contributed by atoms with Crippen molar-refractivity contribution in [2.45, 2.75) is 19.1 Å². The minimum Gasteiger partial charge on any atom is -0.444 e. The number of amides is 1. The molecule has 1 aliphatic heterocycles. The number of hydrogen-bond donors (Lipinski definition) is 0. The first-order valence-corrected chi connectivity index (χ1v) is 6.45. The van der Waals surface area contributed by atoms with Crippen LogP contribution in [0.25, 0.3) is 0 Å². The van der Waals surface area contributed by atoms with E-state index in [0.717, 1.165) is 5.56 Å². The summed E-state index contributed by atoms with van der Waals surface area (Å²) in [6.45, 7) is 0.0893. The maximum atomic E-state index is 11.9. The highest BCUT2D eigenvalue weighted by Gasteiger charge is 2.38. The number of carbonyl (C=O) groups is 2. The highest BCUT2D eigenvalue weighted by Crippen LogP contribution is 2.17. The first-order valence-electron chi connectivity index (χ1n) is 5.92. The SMILES string of the molecule is O=C1OCN(C(=O)OCc2ccccc2)[C@H]1CCCl. The average molecular weight is 284 g/mol. The molecule has 0 bridgehead atoms. The van der Waals surface area contributed by atoms with Crippen LogP contribution in [0.4, 0.5) is 4.79 Å². The highest BCUT2D eigenvalue weighted by atomic mass is 35.5. The normalized spacial score (nSPS) is 18.3. The van der Waals surface area contributed by atoms with Crippen molar-refractivity contribution in [2.75, 3.05) is 12.6 Å². The highest BCUT2D eigenvalue weighted by molar-refractivity contribution is 6.18. The Kier molecular flexibility index (Phi) is 4.63. The molecule has 0 spiro atoms. The van der Waals surface area contributed by atoms with Crippen molar-refractivity contribution in [2.24, 2.45) is 0 Å². The lowest BCUT2D eigenvalue weighted by Gasteiger charge is -2.18. The van der Waals surface area contributed by atoms with E-state index in [2.05, 4.69) is 0 Å². The summed E-state index contributed by atoms with van der Waals surface area (Å²) in [5.41, 5.74) is 0.885. The lowest BCUT2D eigenvalue weighted by atomic mass is 10.2. The molecule has 2 rings (SSSR count). The molecule has 6 heteroatoms. The minimum atomic E-state index is -0.638. The van der Waals surface area contributed by atoms with E-state index in [9.17, 15) is 9.59 Å². The maximum Gasteiger partial charge on any atom is 0.413 e. The number of ether oxygens (including phenoxy) is 2. The molecule has 0 radical (unpaired) electrons. The number of carbonyl (C=O) groups excluding carboxylic acids is 2. The van der Waals surface area contributed by atoms with Gasteiger partial charge in [0, 0.05) is 5.88 Å². The van der Waals surface area contributed by atoms with E-state index in [1.54, 1.807) is 0 Å². The van der Waals surface area contributed by atoms with Crippen LogP contribution in [0.5, 0.6) is 0 Å². The molecule has 1 aromatic carbocycles. The van der Waals surface area contributed by atoms with Crippen molar-refractivity contribution >= 4 is 23.7 Å². The summed E-state index contributed by atoms with van der Waals surface area (Å²) in [6, 6.07) is 8.68. The molecule has 0 aliphatic carbocycles. The molecular formula is C13H14ClNO4. The Morgan fingerprint density at radius 1 is 1.42 bits per heavy atom. The number of cyclic esters (lactones) is 1. The van der Waals surface area contributed by atoms with Crippen LogP contribution in [-0.2, 0) is 20.9 Å². The predicted octanol–water partition coefficient (Wildman–Crippen LogP) is 2.14. The molecule has 1 aromatic rings. The van der Waals surface area contributed by atoms with E-state index < -0.39 is 18.1 Å². The van der Waals surface area contributed by atoms with Crippen molar-refractivity contribution in [1.29, 1.82) is 0 Å². The molecule has 0 unspecified atom stereocenters. The van der Waals surface area contributed by atoms with Crippen molar-refractivity contribution in [3.8, 4) is 0 Å². The quantitative estimate of drug-likeness (QED) is 0.627. The van der Waals surface area contributed by atoms with Gasteiger partial charge in [-0.2, -0.15) is 0 Å². The third kappa shape index (κ3) is 3.38. The second-order valence-corrected chi connectivity index (χ2v) is 4.47. The van der Waals surface area contributed by atoms with Crippen LogP contribution in [0.1, 0.15) is 12.0 Å². The maximum absolute atomic E-state index is 11.9. The van der Waals surface area contributed by atoms with Crippen LogP contribution in [0.3, 0.4) is 0 Å². The monoisotopic (exact) mass is 283 g/mol. The molecule has 19 heavy (non-hydrogen) atoms. The lowest BCUT2D eigenvalue weighted by Crippen LogP contribution is -2.38. The van der Waals surface area contributed by atoms with Gasteiger partial charge in [0.05, 0.1) is 0 Å². The van der Waals surface area contributed by atoms with Gasteiger partial charge in [0.1, 0.15) is 12.6 Å². The molecule has 1 amide bonds. The van der Waals surface area contributed by atoms with Gasteiger partial charge in [-0.05, 0) is 12.0 Å². The van der Waals surface area contributed by atoms with Gasteiger partial charge in [0.15, 0.2) is 6.73 Å². The summed E-state index contributed by atoms with van der Waals surface area (Å²) in [5.74, 6) is -0.153. The van der Waals surface area contributed by atoms with Crippen LogP contribution < -0.4 is 0 Å². The number of rotatable bonds is 4. The molecule has 0 N–H and O–H groups in total. The van der Waals surface area contributed by atoms with Gasteiger partial charge in [-0.3, -0.25) is 4.90 Å². The summed E-state index contributed by atoms with van der Waals surface area (Å²) in [4.78, 5) is 24.6. The first-order chi connectivity index (χ1) is 9.22. The number of nitrogens with zero attached hydrogens (tertiary/aromatic N) is 1. The van der Waals surface area contributed by atoms with E-state index in [-0.39, 0.29) is 19.2 Å². The van der Waals surface area contributed by atoms with Crippen molar-refractivity contribution < 1.29 is 19.1 Å². The van der Waals surface area contributed by atoms with Crippen LogP contribution >= 0.6 is 11.6 Å². The van der Waals surface area contributed by atoms with Gasteiger partial charge in [0.25, 0.3) is 0 Å². The zero-order valence-electron chi connectivity index (χ0n) is 10.3. The summed E-state index contributed by atoms with van der Waals surface area (Å²) >= 11 is 5.60. The van der Waals surface area contributed by atoms with Crippen LogP contribution in [0, 0.1) is 0 Å². The molecule has 1 heterocycles.